The largest absolute Gasteiger partial charge is 0.381 e. The Morgan fingerprint density at radius 2 is 1.87 bits per heavy atom. The van der Waals surface area contributed by atoms with Gasteiger partial charge in [0.05, 0.1) is 12.1 Å². The molecule has 3 aliphatic rings. The second-order valence-electron chi connectivity index (χ2n) is 12.8. The third-order valence-electron chi connectivity index (χ3n) is 9.55. The van der Waals surface area contributed by atoms with Crippen LogP contribution in [-0.4, -0.2) is 72.5 Å². The lowest BCUT2D eigenvalue weighted by Crippen LogP contribution is -2.47. The summed E-state index contributed by atoms with van der Waals surface area (Å²) in [6.07, 6.45) is 9.76. The zero-order valence-electron chi connectivity index (χ0n) is 26.0. The number of amides is 2. The number of anilines is 1. The highest BCUT2D eigenvalue weighted by Gasteiger charge is 2.67. The number of Topliss-reactive ketones (excluding diaryl/α,β-unsaturated/α-hetero) is 1. The normalized spacial score (nSPS) is 23.2. The summed E-state index contributed by atoms with van der Waals surface area (Å²) in [5.41, 5.74) is 3.36. The van der Waals surface area contributed by atoms with Crippen molar-refractivity contribution < 1.29 is 19.1 Å². The van der Waals surface area contributed by atoms with Crippen LogP contribution in [0, 0.1) is 12.3 Å². The minimum Gasteiger partial charge on any atom is -0.381 e. The van der Waals surface area contributed by atoms with E-state index in [1.165, 1.54) is 6.92 Å². The number of aromatic nitrogens is 5. The molecule has 1 aliphatic carbocycles. The lowest BCUT2D eigenvalue weighted by Gasteiger charge is -2.27. The number of piperidine rings is 1. The fraction of sp³-hybridized carbons (Fsp3) is 0.441. The molecule has 238 valence electrons. The van der Waals surface area contributed by atoms with Crippen molar-refractivity contribution >= 4 is 50.2 Å². The zero-order chi connectivity index (χ0) is 32.0. The van der Waals surface area contributed by atoms with Crippen LogP contribution in [0.3, 0.4) is 0 Å². The number of nitrogens with zero attached hydrogens (tertiary/aromatic N) is 6. The summed E-state index contributed by atoms with van der Waals surface area (Å²) in [6.45, 7) is 4.39. The Bertz CT molecular complexity index is 1840. The summed E-state index contributed by atoms with van der Waals surface area (Å²) >= 11 is 3.45. The van der Waals surface area contributed by atoms with E-state index in [2.05, 4.69) is 41.3 Å². The van der Waals surface area contributed by atoms with Crippen molar-refractivity contribution in [2.45, 2.75) is 77.4 Å². The van der Waals surface area contributed by atoms with Gasteiger partial charge in [0.2, 0.25) is 11.8 Å². The second-order valence-corrected chi connectivity index (χ2v) is 13.6. The molecule has 1 unspecified atom stereocenters. The van der Waals surface area contributed by atoms with E-state index in [4.69, 9.17) is 4.74 Å². The van der Waals surface area contributed by atoms with Crippen molar-refractivity contribution in [1.82, 2.24) is 29.6 Å². The standard InChI is InChI=1S/C34H36BrN7O4/c1-20(43)31-25-13-23(24-16-36-21(2)37-17-24)8-10-26(25)41(40-31)18-30(44)42-27-14-34(15-28(34)42)19-46-12-6-4-3-5-7-22-9-11-29(35)38-32(22)39-33(27)45/h8-11,13,16-17,27-28H,3-7,12,14-15,18-19H2,1-2H3,(H,38,39,45)/t27-,28?,34-/m0/s1. The first-order valence-electron chi connectivity index (χ1n) is 15.9. The Hall–Kier alpha value is -4.03. The van der Waals surface area contributed by atoms with Crippen LogP contribution in [0.15, 0.2) is 47.3 Å². The number of nitrogens with one attached hydrogen (secondary N) is 1. The summed E-state index contributed by atoms with van der Waals surface area (Å²) in [7, 11) is 0. The Kier molecular flexibility index (Phi) is 8.18. The molecule has 7 rings (SSSR count). The Balaban J connectivity index is 1.19. The smallest absolute Gasteiger partial charge is 0.248 e. The lowest BCUT2D eigenvalue weighted by molar-refractivity contribution is -0.138. The summed E-state index contributed by atoms with van der Waals surface area (Å²) < 4.78 is 8.35. The van der Waals surface area contributed by atoms with Gasteiger partial charge in [0.25, 0.3) is 0 Å². The molecule has 4 aromatic rings. The van der Waals surface area contributed by atoms with Gasteiger partial charge in [-0.25, -0.2) is 15.0 Å². The van der Waals surface area contributed by atoms with E-state index < -0.39 is 6.04 Å². The van der Waals surface area contributed by atoms with Crippen LogP contribution in [0.25, 0.3) is 22.0 Å². The fourth-order valence-corrected chi connectivity index (χ4v) is 7.34. The molecule has 3 atom stereocenters. The van der Waals surface area contributed by atoms with Gasteiger partial charge >= 0.3 is 0 Å². The summed E-state index contributed by atoms with van der Waals surface area (Å²) in [5.74, 6) is 0.537. The van der Waals surface area contributed by atoms with Crippen LogP contribution < -0.4 is 5.32 Å². The Morgan fingerprint density at radius 3 is 2.67 bits per heavy atom. The van der Waals surface area contributed by atoms with Gasteiger partial charge in [0.1, 0.15) is 34.5 Å². The van der Waals surface area contributed by atoms with Crippen molar-refractivity contribution in [1.29, 1.82) is 0 Å². The SMILES string of the molecule is CC(=O)c1nn(CC(=O)N2C3C[C@@]34COCCCCCCc3ccc(Br)nc3NC(=O)[C@@H]2C4)c2ccc(-c3cnc(C)nc3)cc12. The van der Waals surface area contributed by atoms with Crippen molar-refractivity contribution in [3.63, 3.8) is 0 Å². The number of halogens is 1. The number of hydrogen-bond donors (Lipinski definition) is 1. The lowest BCUT2D eigenvalue weighted by atomic mass is 10.00. The van der Waals surface area contributed by atoms with Crippen molar-refractivity contribution in [3.05, 3.63) is 64.4 Å². The average Bonchev–Trinajstić information content (AvgIpc) is 3.45. The number of likely N-dealkylation sites (tertiary alicyclic amines) is 1. The Morgan fingerprint density at radius 1 is 1.07 bits per heavy atom. The maximum Gasteiger partial charge on any atom is 0.248 e. The summed E-state index contributed by atoms with van der Waals surface area (Å²) in [6, 6.07) is 8.79. The molecule has 1 spiro atoms. The molecule has 2 fully saturated rings. The van der Waals surface area contributed by atoms with Crippen LogP contribution in [0.1, 0.15) is 67.3 Å². The van der Waals surface area contributed by atoms with E-state index in [0.29, 0.717) is 46.8 Å². The number of carbonyl (C=O) groups is 3. The van der Waals surface area contributed by atoms with Crippen LogP contribution >= 0.6 is 15.9 Å². The molecule has 2 bridgehead atoms. The highest BCUT2D eigenvalue weighted by atomic mass is 79.9. The van der Waals surface area contributed by atoms with Gasteiger partial charge in [-0.2, -0.15) is 5.10 Å². The molecule has 3 aromatic heterocycles. The molecule has 1 aromatic carbocycles. The third kappa shape index (κ3) is 5.84. The molecule has 5 heterocycles. The number of fused-ring (bicyclic) bond motifs is 3. The van der Waals surface area contributed by atoms with Gasteiger partial charge in [-0.15, -0.1) is 0 Å². The molecule has 0 radical (unpaired) electrons. The number of hydrogen-bond acceptors (Lipinski definition) is 8. The third-order valence-corrected chi connectivity index (χ3v) is 9.99. The molecule has 2 aliphatic heterocycles. The first-order valence-corrected chi connectivity index (χ1v) is 16.7. The minimum atomic E-state index is -0.671. The monoisotopic (exact) mass is 685 g/mol. The van der Waals surface area contributed by atoms with Crippen molar-refractivity contribution in [2.24, 2.45) is 5.41 Å². The van der Waals surface area contributed by atoms with Gasteiger partial charge in [0.15, 0.2) is 5.78 Å². The Labute approximate surface area is 275 Å². The minimum absolute atomic E-state index is 0.0964. The van der Waals surface area contributed by atoms with E-state index in [-0.39, 0.29) is 41.3 Å². The molecular formula is C34H36BrN7O4. The number of ether oxygens (including phenoxy) is 1. The van der Waals surface area contributed by atoms with E-state index in [1.807, 2.05) is 37.3 Å². The van der Waals surface area contributed by atoms with Crippen LogP contribution in [0.5, 0.6) is 0 Å². The van der Waals surface area contributed by atoms with E-state index >= 15 is 0 Å². The highest BCUT2D eigenvalue weighted by molar-refractivity contribution is 9.10. The first-order chi connectivity index (χ1) is 22.2. The zero-order valence-corrected chi connectivity index (χ0v) is 27.5. The molecule has 1 N–H and O–H groups in total. The molecule has 11 nitrogen and oxygen atoms in total. The van der Waals surface area contributed by atoms with Gasteiger partial charge in [-0.3, -0.25) is 19.1 Å². The first kappa shape index (κ1) is 30.6. The molecule has 1 saturated heterocycles. The number of carbonyl (C=O) groups excluding carboxylic acids is 3. The van der Waals surface area contributed by atoms with Crippen LogP contribution in [0.4, 0.5) is 5.82 Å². The topological polar surface area (TPSA) is 132 Å². The second kappa shape index (κ2) is 12.3. The number of aryl methyl sites for hydroxylation is 2. The molecular weight excluding hydrogens is 650 g/mol. The van der Waals surface area contributed by atoms with Gasteiger partial charge in [-0.1, -0.05) is 25.0 Å². The number of pyridine rings is 1. The molecule has 46 heavy (non-hydrogen) atoms. The predicted octanol–water partition coefficient (Wildman–Crippen LogP) is 5.29. The van der Waals surface area contributed by atoms with Gasteiger partial charge in [-0.05, 0) is 84.3 Å². The van der Waals surface area contributed by atoms with E-state index in [1.54, 1.807) is 22.0 Å². The maximum absolute atomic E-state index is 14.2. The summed E-state index contributed by atoms with van der Waals surface area (Å²) in [4.78, 5) is 55.7. The number of rotatable bonds is 4. The van der Waals surface area contributed by atoms with Gasteiger partial charge < -0.3 is 15.0 Å². The molecule has 12 heteroatoms. The van der Waals surface area contributed by atoms with Crippen molar-refractivity contribution in [2.75, 3.05) is 18.5 Å². The quantitative estimate of drug-likeness (QED) is 0.226. The number of ketones is 1. The average molecular weight is 687 g/mol. The van der Waals surface area contributed by atoms with Crippen molar-refractivity contribution in [3.8, 4) is 11.1 Å². The molecule has 1 saturated carbocycles. The van der Waals surface area contributed by atoms with Crippen LogP contribution in [-0.2, 0) is 27.3 Å². The van der Waals surface area contributed by atoms with E-state index in [9.17, 15) is 14.4 Å². The maximum atomic E-state index is 14.2. The number of benzene rings is 1. The highest BCUT2D eigenvalue weighted by Crippen LogP contribution is 2.60. The summed E-state index contributed by atoms with van der Waals surface area (Å²) in [5, 5.41) is 8.32. The van der Waals surface area contributed by atoms with E-state index in [0.717, 1.165) is 55.2 Å². The fourth-order valence-electron chi connectivity index (χ4n) is 7.03. The van der Waals surface area contributed by atoms with Crippen LogP contribution in [0.2, 0.25) is 0 Å². The predicted molar refractivity (Wildman–Crippen MR) is 175 cm³/mol. The van der Waals surface area contributed by atoms with Gasteiger partial charge in [0, 0.05) is 48.3 Å². The molecule has 2 amide bonds.